The van der Waals surface area contributed by atoms with Crippen LogP contribution < -0.4 is 0 Å². The van der Waals surface area contributed by atoms with Gasteiger partial charge in [0, 0.05) is 74.3 Å². The minimum atomic E-state index is -1.13. The number of carboxylic acid groups (broad SMARTS) is 4. The Morgan fingerprint density at radius 2 is 0.845 bits per heavy atom. The number of carboxylic acids is 4. The molecule has 0 spiro atoms. The predicted octanol–water partition coefficient (Wildman–Crippen LogP) is 17.4. The van der Waals surface area contributed by atoms with Gasteiger partial charge in [0.15, 0.2) is 11.6 Å². The summed E-state index contributed by atoms with van der Waals surface area (Å²) in [5, 5.41) is 33.0. The summed E-state index contributed by atoms with van der Waals surface area (Å²) in [6.45, 7) is 59.4. The second-order valence-electron chi connectivity index (χ2n) is 24.8. The molecule has 0 bridgehead atoms. The minimum Gasteiger partial charge on any atom is -0.481 e. The second-order valence-corrected chi connectivity index (χ2v) is 28.8. The Morgan fingerprint density at radius 3 is 1.15 bits per heavy atom. The predicted molar refractivity (Wildman–Crippen MR) is 426 cm³/mol. The number of aromatic carboxylic acids is 3. The number of aromatic amines is 3. The summed E-state index contributed by atoms with van der Waals surface area (Å²) in [6.07, 6.45) is 0. The van der Waals surface area contributed by atoms with Gasteiger partial charge in [-0.3, -0.25) is 14.8 Å². The Hall–Kier alpha value is -8.96. The van der Waals surface area contributed by atoms with Crippen molar-refractivity contribution < 1.29 is 44.0 Å². The highest BCUT2D eigenvalue weighted by molar-refractivity contribution is 8.11. The Kier molecular flexibility index (Phi) is 34.7. The molecule has 103 heavy (non-hydrogen) atoms. The first kappa shape index (κ1) is 90.1. The van der Waals surface area contributed by atoms with Gasteiger partial charge in [0.05, 0.1) is 39.9 Å². The van der Waals surface area contributed by atoms with E-state index in [4.69, 9.17) is 51.8 Å². The maximum absolute atomic E-state index is 10.5. The highest BCUT2D eigenvalue weighted by Crippen LogP contribution is 2.32. The van der Waals surface area contributed by atoms with Crippen LogP contribution in [0.25, 0.3) is 34.3 Å². The Morgan fingerprint density at radius 1 is 0.408 bits per heavy atom. The van der Waals surface area contributed by atoms with Crippen LogP contribution in [0.3, 0.4) is 0 Å². The van der Waals surface area contributed by atoms with Crippen molar-refractivity contribution in [1.29, 1.82) is 0 Å². The van der Waals surface area contributed by atoms with E-state index in [9.17, 15) is 14.4 Å². The zero-order valence-electron chi connectivity index (χ0n) is 65.4. The molecule has 0 aliphatic rings. The number of carbonyl (C=O) groups is 4. The first-order valence-electron chi connectivity index (χ1n) is 32.5. The topological polar surface area (TPSA) is 344 Å². The van der Waals surface area contributed by atoms with Crippen LogP contribution in [0, 0.1) is 194 Å². The molecular weight excluding hydrogens is 1400 g/mol. The quantitative estimate of drug-likeness (QED) is 0.0529. The number of imidazole rings is 3. The molecule has 10 aromatic rings. The smallest absolute Gasteiger partial charge is 0.392 e. The van der Waals surface area contributed by atoms with Gasteiger partial charge in [-0.25, -0.2) is 54.3 Å². The van der Waals surface area contributed by atoms with Crippen LogP contribution in [0.2, 0.25) is 0 Å². The largest absolute Gasteiger partial charge is 0.481 e. The summed E-state index contributed by atoms with van der Waals surface area (Å²) in [5.74, 6) is -1.11. The van der Waals surface area contributed by atoms with Crippen molar-refractivity contribution in [3.63, 3.8) is 0 Å². The summed E-state index contributed by atoms with van der Waals surface area (Å²) in [5.41, 5.74) is 33.3. The highest BCUT2D eigenvalue weighted by Gasteiger charge is 2.20. The lowest BCUT2D eigenvalue weighted by atomic mass is 9.99. The Labute approximate surface area is 631 Å². The highest BCUT2D eigenvalue weighted by atomic mass is 32.1. The molecule has 556 valence electrons. The number of pyridine rings is 3. The van der Waals surface area contributed by atoms with Crippen LogP contribution in [0.15, 0.2) is 4.42 Å². The van der Waals surface area contributed by atoms with Gasteiger partial charge >= 0.3 is 23.8 Å². The number of hydrogen-bond donors (Lipinski definition) is 9. The van der Waals surface area contributed by atoms with Crippen LogP contribution in [0.1, 0.15) is 208 Å². The molecule has 10 heterocycles. The number of thiocarbonyl (C=S) groups is 2. The number of aryl methyl sites for hydroxylation is 15. The van der Waals surface area contributed by atoms with E-state index in [1.807, 2.05) is 69.2 Å². The second kappa shape index (κ2) is 39.6. The maximum atomic E-state index is 10.5. The van der Waals surface area contributed by atoms with Gasteiger partial charge in [0.25, 0.3) is 5.97 Å². The SMILES string of the molecule is CC(=O)O.CC(=S)S.Cc1nc(-c2[nH]c(C)c(C)c2C)c(C)c(C)c1C.Cc1nc(-c2nc(C)c(C)c(C)c2C)[nH]c1C.Cc1nc(-c2nc(C)c(C)c(C)c2C)c(C)[nH]1.Cc1nc(C(=O)O)n(C)c1C.Cc1nc(C(=O)O)oc1C.Cc1nc(C(=O)O)sc1C.Cc1nc(C(=S)S)nc(C)c1C. The zero-order valence-corrected chi connectivity index (χ0v) is 69.6. The average Bonchev–Trinajstić information content (AvgIpc) is 1.15. The number of aliphatic carboxylic acids is 1. The monoisotopic (exact) mass is 1500 g/mol. The minimum absolute atomic E-state index is 0.0972. The van der Waals surface area contributed by atoms with E-state index in [0.717, 1.165) is 114 Å². The molecule has 0 amide bonds. The fourth-order valence-corrected chi connectivity index (χ4v) is 10.3. The first-order chi connectivity index (χ1) is 47.4. The lowest BCUT2D eigenvalue weighted by Crippen LogP contribution is -2.06. The molecule has 0 saturated carbocycles. The third kappa shape index (κ3) is 25.2. The van der Waals surface area contributed by atoms with Crippen molar-refractivity contribution >= 4 is 93.3 Å². The average molecular weight is 1500 g/mol. The van der Waals surface area contributed by atoms with Crippen molar-refractivity contribution in [2.24, 2.45) is 7.05 Å². The van der Waals surface area contributed by atoms with Crippen molar-refractivity contribution in [3.05, 3.63) is 180 Å². The van der Waals surface area contributed by atoms with E-state index < -0.39 is 23.9 Å². The molecule has 0 fully saturated rings. The van der Waals surface area contributed by atoms with E-state index in [-0.39, 0.29) is 16.7 Å². The van der Waals surface area contributed by atoms with E-state index in [1.54, 1.807) is 46.2 Å². The van der Waals surface area contributed by atoms with Crippen LogP contribution in [0.4, 0.5) is 0 Å². The number of nitrogens with zero attached hydrogens (tertiary/aromatic N) is 11. The summed E-state index contributed by atoms with van der Waals surface area (Å²) in [6, 6.07) is 0. The molecule has 7 N–H and O–H groups in total. The molecule has 0 radical (unpaired) electrons. The lowest BCUT2D eigenvalue weighted by molar-refractivity contribution is -0.134. The number of nitrogens with one attached hydrogen (secondary N) is 3. The van der Waals surface area contributed by atoms with Crippen molar-refractivity contribution in [2.45, 2.75) is 208 Å². The van der Waals surface area contributed by atoms with E-state index in [2.05, 4.69) is 189 Å². The number of aromatic nitrogens is 14. The molecule has 0 atom stereocenters. The van der Waals surface area contributed by atoms with Crippen LogP contribution in [0.5, 0.6) is 0 Å². The zero-order chi connectivity index (χ0) is 79.6. The molecule has 10 aromatic heterocycles. The fraction of sp³-hybridized carbons (Fsp3) is 0.413. The van der Waals surface area contributed by atoms with E-state index >= 15 is 0 Å². The molecule has 10 rings (SSSR count). The molecular formula is C75H102N14O9S5. The Balaban J connectivity index is 0.000000405. The van der Waals surface area contributed by atoms with Gasteiger partial charge in [-0.1, -0.05) is 24.4 Å². The van der Waals surface area contributed by atoms with E-state index in [1.165, 1.54) is 83.9 Å². The number of rotatable bonds is 7. The van der Waals surface area contributed by atoms with Gasteiger partial charge in [0.1, 0.15) is 27.2 Å². The molecule has 0 aliphatic carbocycles. The lowest BCUT2D eigenvalue weighted by Gasteiger charge is -2.13. The maximum Gasteiger partial charge on any atom is 0.392 e. The third-order valence-electron chi connectivity index (χ3n) is 17.6. The number of thiol groups is 2. The number of oxazole rings is 1. The summed E-state index contributed by atoms with van der Waals surface area (Å²) < 4.78 is 7.47. The summed E-state index contributed by atoms with van der Waals surface area (Å²) in [4.78, 5) is 94.0. The standard InChI is InChI=1S/C16H22N2.2C14H19N3.C8H10N2S2.C7H10N2O2.C6H7NO3.C6H7NO2S.C2H4O2.C2H4S2/c1-8-9(2)13(6)17-15(11(8)4)16-12(5)10(3)14(7)18-16;1-7-8(2)10(4)16-13(9(7)3)14-11(5)15-12(6)17-14;1-7-8(2)10(4)15-13(9(7)3)14-16-11(5)12(6)17-14;1-4-5(2)9-7(8(11)12)10-6(4)3;1-4-5(2)9(3)6(8-4)7(10)11;2*1-3-4(2)10-5(7-3)6(8)9;2*1-2(3)4/h18H,1-7H3;1-6H3,(H,15,17);1-6H3,(H,16,17);1-3H3,(H,11,12);1-3H3,(H,10,11);2*1-2H3,(H,8,9);2*1H3,(H,3,4). The molecule has 0 aromatic carbocycles. The third-order valence-corrected chi connectivity index (χ3v) is 19.0. The number of thiazole rings is 1. The first-order valence-corrected chi connectivity index (χ1v) is 35.0. The molecule has 0 unspecified atom stereocenters. The van der Waals surface area contributed by atoms with Crippen LogP contribution in [-0.2, 0) is 11.8 Å². The summed E-state index contributed by atoms with van der Waals surface area (Å²) in [7, 11) is 1.69. The molecule has 0 aliphatic heterocycles. The fourth-order valence-electron chi connectivity index (χ4n) is 9.39. The molecule has 0 saturated heterocycles. The van der Waals surface area contributed by atoms with Gasteiger partial charge in [-0.05, 0) is 268 Å². The number of H-pyrrole nitrogens is 3. The van der Waals surface area contributed by atoms with Crippen molar-refractivity contribution in [2.75, 3.05) is 0 Å². The van der Waals surface area contributed by atoms with Gasteiger partial charge < -0.3 is 44.4 Å². The molecule has 28 heteroatoms. The van der Waals surface area contributed by atoms with Gasteiger partial charge in [-0.15, -0.1) is 36.6 Å². The summed E-state index contributed by atoms with van der Waals surface area (Å²) >= 11 is 18.2. The van der Waals surface area contributed by atoms with Gasteiger partial charge in [-0.2, -0.15) is 0 Å². The normalized spacial score (nSPS) is 10.2. The van der Waals surface area contributed by atoms with Crippen molar-refractivity contribution in [1.82, 2.24) is 69.4 Å². The van der Waals surface area contributed by atoms with E-state index in [0.29, 0.717) is 25.7 Å². The van der Waals surface area contributed by atoms with Crippen LogP contribution >= 0.6 is 61.0 Å². The Bertz CT molecular complexity index is 4600. The van der Waals surface area contributed by atoms with Crippen LogP contribution in [-0.4, -0.2) is 122 Å². The van der Waals surface area contributed by atoms with Crippen molar-refractivity contribution in [3.8, 4) is 34.3 Å². The van der Waals surface area contributed by atoms with Gasteiger partial charge in [0.2, 0.25) is 10.8 Å². The molecule has 23 nitrogen and oxygen atoms in total. The number of hydrogen-bond acceptors (Lipinski definition) is 18.